The number of fused-ring (bicyclic) bond motifs is 1. The van der Waals surface area contributed by atoms with Gasteiger partial charge in [-0.1, -0.05) is 12.1 Å². The summed E-state index contributed by atoms with van der Waals surface area (Å²) in [4.78, 5) is 11.5. The number of aromatic hydroxyl groups is 1. The number of H-pyrrole nitrogens is 1. The third-order valence-electron chi connectivity index (χ3n) is 2.42. The van der Waals surface area contributed by atoms with Crippen LogP contribution in [0.3, 0.4) is 0 Å². The van der Waals surface area contributed by atoms with Crippen LogP contribution in [0.25, 0.3) is 22.4 Å². The Hall–Kier alpha value is -2.36. The molecule has 0 atom stereocenters. The van der Waals surface area contributed by atoms with Gasteiger partial charge in [0.2, 0.25) is 0 Å². The second-order valence-corrected chi connectivity index (χ2v) is 3.52. The van der Waals surface area contributed by atoms with Gasteiger partial charge in [-0.05, 0) is 18.2 Å². The molecule has 0 radical (unpaired) electrons. The van der Waals surface area contributed by atoms with Crippen molar-refractivity contribution in [1.29, 1.82) is 0 Å². The zero-order chi connectivity index (χ0) is 11.0. The average molecular weight is 211 g/mol. The fourth-order valence-electron chi connectivity index (χ4n) is 1.68. The Morgan fingerprint density at radius 1 is 1.06 bits per heavy atom. The van der Waals surface area contributed by atoms with E-state index in [4.69, 9.17) is 0 Å². The summed E-state index contributed by atoms with van der Waals surface area (Å²) in [5.74, 6) is 0.247. The smallest absolute Gasteiger partial charge is 0.156 e. The molecule has 3 aromatic rings. The maximum atomic E-state index is 9.40. The summed E-state index contributed by atoms with van der Waals surface area (Å²) in [5, 5.41) is 9.40. The van der Waals surface area contributed by atoms with E-state index < -0.39 is 0 Å². The number of rotatable bonds is 1. The van der Waals surface area contributed by atoms with Gasteiger partial charge in [-0.25, -0.2) is 4.98 Å². The molecule has 2 heterocycles. The molecule has 0 fully saturated rings. The van der Waals surface area contributed by atoms with Crippen molar-refractivity contribution in [2.24, 2.45) is 0 Å². The van der Waals surface area contributed by atoms with Crippen LogP contribution in [0.15, 0.2) is 42.7 Å². The van der Waals surface area contributed by atoms with Crippen LogP contribution in [0.5, 0.6) is 5.75 Å². The quantitative estimate of drug-likeness (QED) is 0.649. The highest BCUT2D eigenvalue weighted by molar-refractivity contribution is 5.79. The maximum absolute atomic E-state index is 9.40. The molecule has 2 aromatic heterocycles. The van der Waals surface area contributed by atoms with Gasteiger partial charge in [0.25, 0.3) is 0 Å². The molecular formula is C12H9N3O. The molecule has 2 N–H and O–H groups in total. The molecule has 0 aliphatic carbocycles. The van der Waals surface area contributed by atoms with Crippen LogP contribution in [-0.4, -0.2) is 20.1 Å². The molecule has 78 valence electrons. The van der Waals surface area contributed by atoms with Gasteiger partial charge in [0.15, 0.2) is 5.65 Å². The molecule has 0 bridgehead atoms. The van der Waals surface area contributed by atoms with Crippen LogP contribution in [0, 0.1) is 0 Å². The molecule has 0 saturated heterocycles. The number of aromatic nitrogens is 3. The lowest BCUT2D eigenvalue weighted by Gasteiger charge is -1.97. The summed E-state index contributed by atoms with van der Waals surface area (Å²) < 4.78 is 0. The lowest BCUT2D eigenvalue weighted by molar-refractivity contribution is 0.475. The normalized spacial score (nSPS) is 10.8. The van der Waals surface area contributed by atoms with Crippen molar-refractivity contribution in [3.8, 4) is 17.0 Å². The van der Waals surface area contributed by atoms with E-state index in [0.29, 0.717) is 0 Å². The van der Waals surface area contributed by atoms with Crippen molar-refractivity contribution >= 4 is 11.2 Å². The van der Waals surface area contributed by atoms with E-state index in [1.165, 1.54) is 0 Å². The molecule has 0 unspecified atom stereocenters. The Morgan fingerprint density at radius 3 is 2.75 bits per heavy atom. The van der Waals surface area contributed by atoms with Gasteiger partial charge < -0.3 is 10.1 Å². The van der Waals surface area contributed by atoms with Gasteiger partial charge in [-0.3, -0.25) is 4.98 Å². The van der Waals surface area contributed by atoms with Crippen molar-refractivity contribution in [3.05, 3.63) is 42.7 Å². The summed E-state index contributed by atoms with van der Waals surface area (Å²) in [6.07, 6.45) is 3.30. The Labute approximate surface area is 91.6 Å². The molecule has 4 nitrogen and oxygen atoms in total. The summed E-state index contributed by atoms with van der Waals surface area (Å²) >= 11 is 0. The van der Waals surface area contributed by atoms with E-state index >= 15 is 0 Å². The molecule has 0 amide bonds. The van der Waals surface area contributed by atoms with Crippen molar-refractivity contribution in [3.63, 3.8) is 0 Å². The predicted octanol–water partition coefficient (Wildman–Crippen LogP) is 2.33. The van der Waals surface area contributed by atoms with Gasteiger partial charge in [0.1, 0.15) is 11.3 Å². The Bertz CT molecular complexity index is 612. The number of nitrogens with one attached hydrogen (secondary N) is 1. The third kappa shape index (κ3) is 1.40. The Morgan fingerprint density at radius 2 is 1.94 bits per heavy atom. The Kier molecular flexibility index (Phi) is 1.86. The Balaban J connectivity index is 2.19. The van der Waals surface area contributed by atoms with E-state index in [9.17, 15) is 5.11 Å². The molecule has 0 aliphatic rings. The largest absolute Gasteiger partial charge is 0.508 e. The summed E-state index contributed by atoms with van der Waals surface area (Å²) in [6.45, 7) is 0. The highest BCUT2D eigenvalue weighted by atomic mass is 16.3. The summed E-state index contributed by atoms with van der Waals surface area (Å²) in [7, 11) is 0. The zero-order valence-corrected chi connectivity index (χ0v) is 8.38. The highest BCUT2D eigenvalue weighted by Crippen LogP contribution is 2.24. The number of phenolic OH excluding ortho intramolecular Hbond substituents is 1. The number of phenols is 1. The minimum atomic E-state index is 0.247. The number of hydrogen-bond donors (Lipinski definition) is 2. The molecular weight excluding hydrogens is 202 g/mol. The van der Waals surface area contributed by atoms with E-state index in [-0.39, 0.29) is 5.75 Å². The van der Waals surface area contributed by atoms with Crippen LogP contribution in [-0.2, 0) is 0 Å². The standard InChI is InChI=1S/C12H9N3O/c16-9-3-1-2-8(6-9)10-7-11-12(15-10)14-5-4-13-11/h1-7,16H,(H,14,15). The third-order valence-corrected chi connectivity index (χ3v) is 2.42. The first-order valence-corrected chi connectivity index (χ1v) is 4.92. The molecule has 0 aliphatic heterocycles. The van der Waals surface area contributed by atoms with E-state index in [2.05, 4.69) is 15.0 Å². The summed E-state index contributed by atoms with van der Waals surface area (Å²) in [5.41, 5.74) is 3.39. The minimum absolute atomic E-state index is 0.247. The van der Waals surface area contributed by atoms with Gasteiger partial charge in [0, 0.05) is 23.7 Å². The van der Waals surface area contributed by atoms with Gasteiger partial charge >= 0.3 is 0 Å². The number of nitrogens with zero attached hydrogens (tertiary/aromatic N) is 2. The molecule has 3 rings (SSSR count). The van der Waals surface area contributed by atoms with Crippen LogP contribution < -0.4 is 0 Å². The zero-order valence-electron chi connectivity index (χ0n) is 8.38. The van der Waals surface area contributed by atoms with E-state index in [1.807, 2.05) is 12.1 Å². The molecule has 0 spiro atoms. The first-order chi connectivity index (χ1) is 7.83. The topological polar surface area (TPSA) is 61.8 Å². The van der Waals surface area contributed by atoms with Crippen molar-refractivity contribution in [2.75, 3.05) is 0 Å². The lowest BCUT2D eigenvalue weighted by Crippen LogP contribution is -1.78. The first kappa shape index (κ1) is 8.91. The van der Waals surface area contributed by atoms with Crippen LogP contribution >= 0.6 is 0 Å². The number of hydrogen-bond acceptors (Lipinski definition) is 3. The predicted molar refractivity (Wildman–Crippen MR) is 61.0 cm³/mol. The van der Waals surface area contributed by atoms with E-state index in [0.717, 1.165) is 22.4 Å². The second kappa shape index (κ2) is 3.34. The fraction of sp³-hybridized carbons (Fsp3) is 0. The molecule has 16 heavy (non-hydrogen) atoms. The minimum Gasteiger partial charge on any atom is -0.508 e. The number of aromatic amines is 1. The molecule has 0 saturated carbocycles. The van der Waals surface area contributed by atoms with Crippen molar-refractivity contribution < 1.29 is 5.11 Å². The van der Waals surface area contributed by atoms with Gasteiger partial charge in [-0.15, -0.1) is 0 Å². The van der Waals surface area contributed by atoms with E-state index in [1.54, 1.807) is 30.6 Å². The first-order valence-electron chi connectivity index (χ1n) is 4.92. The second-order valence-electron chi connectivity index (χ2n) is 3.52. The van der Waals surface area contributed by atoms with Crippen molar-refractivity contribution in [1.82, 2.24) is 15.0 Å². The average Bonchev–Trinajstić information content (AvgIpc) is 2.72. The maximum Gasteiger partial charge on any atom is 0.156 e. The van der Waals surface area contributed by atoms with Crippen molar-refractivity contribution in [2.45, 2.75) is 0 Å². The van der Waals surface area contributed by atoms with Crippen LogP contribution in [0.4, 0.5) is 0 Å². The van der Waals surface area contributed by atoms with Gasteiger partial charge in [0.05, 0.1) is 0 Å². The lowest BCUT2D eigenvalue weighted by atomic mass is 10.1. The highest BCUT2D eigenvalue weighted by Gasteiger charge is 2.04. The van der Waals surface area contributed by atoms with Gasteiger partial charge in [-0.2, -0.15) is 0 Å². The SMILES string of the molecule is Oc1cccc(-c2cc3nccnc3[nH]2)c1. The number of benzene rings is 1. The van der Waals surface area contributed by atoms with Crippen LogP contribution in [0.1, 0.15) is 0 Å². The fourth-order valence-corrected chi connectivity index (χ4v) is 1.68. The monoisotopic (exact) mass is 211 g/mol. The van der Waals surface area contributed by atoms with Crippen LogP contribution in [0.2, 0.25) is 0 Å². The summed E-state index contributed by atoms with van der Waals surface area (Å²) in [6, 6.07) is 8.98. The molecule has 1 aromatic carbocycles. The molecule has 4 heteroatoms.